The summed E-state index contributed by atoms with van der Waals surface area (Å²) in [6, 6.07) is 8.41. The van der Waals surface area contributed by atoms with E-state index in [9.17, 15) is 0 Å². The summed E-state index contributed by atoms with van der Waals surface area (Å²) in [5.74, 6) is 2.17. The summed E-state index contributed by atoms with van der Waals surface area (Å²) in [5, 5.41) is 7.11. The third-order valence-electron chi connectivity index (χ3n) is 3.52. The zero-order valence-electron chi connectivity index (χ0n) is 14.3. The molecule has 0 aliphatic rings. The van der Waals surface area contributed by atoms with Gasteiger partial charge >= 0.3 is 0 Å². The van der Waals surface area contributed by atoms with Crippen molar-refractivity contribution in [3.63, 3.8) is 0 Å². The lowest BCUT2D eigenvalue weighted by atomic mass is 10.1. The average molecular weight is 315 g/mol. The summed E-state index contributed by atoms with van der Waals surface area (Å²) in [5.41, 5.74) is 2.59. The Hall–Kier alpha value is -2.37. The van der Waals surface area contributed by atoms with E-state index >= 15 is 0 Å². The van der Waals surface area contributed by atoms with Gasteiger partial charge in [0, 0.05) is 26.6 Å². The summed E-state index contributed by atoms with van der Waals surface area (Å²) in [6.07, 6.45) is 0.647. The lowest BCUT2D eigenvalue weighted by Crippen LogP contribution is -2.38. The molecule has 23 heavy (non-hydrogen) atoms. The molecule has 1 N–H and O–H groups in total. The molecule has 1 aromatic carbocycles. The van der Waals surface area contributed by atoms with Crippen LogP contribution in [0.4, 0.5) is 0 Å². The van der Waals surface area contributed by atoms with Crippen molar-refractivity contribution in [1.29, 1.82) is 0 Å². The van der Waals surface area contributed by atoms with E-state index in [0.717, 1.165) is 19.0 Å². The van der Waals surface area contributed by atoms with Crippen LogP contribution in [0.15, 0.2) is 33.8 Å². The number of benzene rings is 1. The molecular formula is C17H25N5O. The predicted molar refractivity (Wildman–Crippen MR) is 91.4 cm³/mol. The topological polar surface area (TPSA) is 66.5 Å². The highest BCUT2D eigenvalue weighted by Gasteiger charge is 2.08. The molecule has 6 heteroatoms. The maximum atomic E-state index is 5.11. The second kappa shape index (κ2) is 8.31. The van der Waals surface area contributed by atoms with Gasteiger partial charge < -0.3 is 14.7 Å². The molecular weight excluding hydrogens is 290 g/mol. The van der Waals surface area contributed by atoms with E-state index in [1.54, 1.807) is 0 Å². The first-order valence-corrected chi connectivity index (χ1v) is 7.93. The number of nitrogens with zero attached hydrogens (tertiary/aromatic N) is 4. The fourth-order valence-corrected chi connectivity index (χ4v) is 2.29. The molecule has 0 bridgehead atoms. The van der Waals surface area contributed by atoms with Gasteiger partial charge in [0.05, 0.1) is 6.54 Å². The molecule has 0 fully saturated rings. The maximum absolute atomic E-state index is 5.11. The Morgan fingerprint density at radius 3 is 2.74 bits per heavy atom. The number of aryl methyl sites for hydroxylation is 2. The zero-order valence-corrected chi connectivity index (χ0v) is 14.3. The molecule has 0 saturated heterocycles. The van der Waals surface area contributed by atoms with Gasteiger partial charge in [0.25, 0.3) is 0 Å². The number of aromatic nitrogens is 2. The van der Waals surface area contributed by atoms with Crippen LogP contribution in [0.25, 0.3) is 0 Å². The van der Waals surface area contributed by atoms with Crippen LogP contribution in [0.2, 0.25) is 0 Å². The summed E-state index contributed by atoms with van der Waals surface area (Å²) in [7, 11) is 2.05. The number of guanidine groups is 1. The third kappa shape index (κ3) is 5.09. The van der Waals surface area contributed by atoms with E-state index in [4.69, 9.17) is 4.52 Å². The molecule has 0 spiro atoms. The predicted octanol–water partition coefficient (Wildman–Crippen LogP) is 2.33. The highest BCUT2D eigenvalue weighted by molar-refractivity contribution is 5.79. The van der Waals surface area contributed by atoms with Crippen LogP contribution in [-0.2, 0) is 13.0 Å². The summed E-state index contributed by atoms with van der Waals surface area (Å²) in [6.45, 7) is 8.27. The molecule has 2 aromatic rings. The Morgan fingerprint density at radius 1 is 1.30 bits per heavy atom. The van der Waals surface area contributed by atoms with Crippen molar-refractivity contribution < 1.29 is 4.52 Å². The summed E-state index contributed by atoms with van der Waals surface area (Å²) < 4.78 is 5.11. The number of rotatable bonds is 6. The van der Waals surface area contributed by atoms with E-state index in [-0.39, 0.29) is 0 Å². The van der Waals surface area contributed by atoms with Gasteiger partial charge in [-0.2, -0.15) is 4.98 Å². The van der Waals surface area contributed by atoms with E-state index in [2.05, 4.69) is 63.5 Å². The van der Waals surface area contributed by atoms with Gasteiger partial charge in [-0.1, -0.05) is 29.4 Å². The molecule has 0 unspecified atom stereocenters. The first kappa shape index (κ1) is 17.0. The smallest absolute Gasteiger partial charge is 0.228 e. The molecule has 0 aliphatic carbocycles. The molecule has 0 aliphatic heterocycles. The standard InChI is InChI=1S/C17H25N5O/c1-5-18-17(19-11-10-16-20-14(3)21-23-16)22(4)12-15-9-7-6-8-13(15)2/h6-9H,5,10-12H2,1-4H3,(H,18,19). The monoisotopic (exact) mass is 315 g/mol. The first-order valence-electron chi connectivity index (χ1n) is 7.93. The molecule has 124 valence electrons. The van der Waals surface area contributed by atoms with E-state index in [1.165, 1.54) is 11.1 Å². The van der Waals surface area contributed by atoms with Crippen molar-refractivity contribution in [2.24, 2.45) is 4.99 Å². The summed E-state index contributed by atoms with van der Waals surface area (Å²) in [4.78, 5) is 11.0. The number of nitrogens with one attached hydrogen (secondary N) is 1. The van der Waals surface area contributed by atoms with Crippen LogP contribution in [0, 0.1) is 13.8 Å². The zero-order chi connectivity index (χ0) is 16.7. The van der Waals surface area contributed by atoms with Crippen LogP contribution >= 0.6 is 0 Å². The highest BCUT2D eigenvalue weighted by Crippen LogP contribution is 2.09. The lowest BCUT2D eigenvalue weighted by Gasteiger charge is -2.23. The normalized spacial score (nSPS) is 11.6. The largest absolute Gasteiger partial charge is 0.357 e. The Balaban J connectivity index is 1.98. The van der Waals surface area contributed by atoms with Crippen molar-refractivity contribution in [2.45, 2.75) is 33.7 Å². The van der Waals surface area contributed by atoms with Crippen LogP contribution in [-0.4, -0.2) is 41.1 Å². The maximum Gasteiger partial charge on any atom is 0.228 e. The van der Waals surface area contributed by atoms with Gasteiger partial charge in [-0.25, -0.2) is 0 Å². The quantitative estimate of drug-likeness (QED) is 0.654. The van der Waals surface area contributed by atoms with Crippen LogP contribution in [0.5, 0.6) is 0 Å². The first-order chi connectivity index (χ1) is 11.1. The molecule has 2 rings (SSSR count). The fraction of sp³-hybridized carbons (Fsp3) is 0.471. The van der Waals surface area contributed by atoms with Crippen molar-refractivity contribution >= 4 is 5.96 Å². The highest BCUT2D eigenvalue weighted by atomic mass is 16.5. The van der Waals surface area contributed by atoms with Gasteiger partial charge in [0.2, 0.25) is 5.89 Å². The molecule has 6 nitrogen and oxygen atoms in total. The molecule has 1 heterocycles. The molecule has 0 amide bonds. The van der Waals surface area contributed by atoms with E-state index < -0.39 is 0 Å². The minimum absolute atomic E-state index is 0.613. The molecule has 0 atom stereocenters. The minimum atomic E-state index is 0.613. The second-order valence-electron chi connectivity index (χ2n) is 5.50. The van der Waals surface area contributed by atoms with Crippen molar-refractivity contribution in [3.8, 4) is 0 Å². The van der Waals surface area contributed by atoms with Crippen LogP contribution in [0.1, 0.15) is 29.8 Å². The van der Waals surface area contributed by atoms with Crippen molar-refractivity contribution in [1.82, 2.24) is 20.4 Å². The lowest BCUT2D eigenvalue weighted by molar-refractivity contribution is 0.375. The van der Waals surface area contributed by atoms with Gasteiger partial charge in [0.1, 0.15) is 0 Å². The van der Waals surface area contributed by atoms with Gasteiger partial charge in [0.15, 0.2) is 11.8 Å². The van der Waals surface area contributed by atoms with Crippen molar-refractivity contribution in [2.75, 3.05) is 20.1 Å². The average Bonchev–Trinajstić information content (AvgIpc) is 2.94. The van der Waals surface area contributed by atoms with Gasteiger partial charge in [-0.15, -0.1) is 0 Å². The summed E-state index contributed by atoms with van der Waals surface area (Å²) >= 11 is 0. The number of hydrogen-bond acceptors (Lipinski definition) is 4. The number of hydrogen-bond donors (Lipinski definition) is 1. The molecule has 0 radical (unpaired) electrons. The number of aliphatic imine (C=N–C) groups is 1. The van der Waals surface area contributed by atoms with Gasteiger partial charge in [-0.05, 0) is 31.9 Å². The Morgan fingerprint density at radius 2 is 2.09 bits per heavy atom. The van der Waals surface area contributed by atoms with Crippen molar-refractivity contribution in [3.05, 3.63) is 47.1 Å². The van der Waals surface area contributed by atoms with Crippen LogP contribution < -0.4 is 5.32 Å². The third-order valence-corrected chi connectivity index (χ3v) is 3.52. The van der Waals surface area contributed by atoms with Gasteiger partial charge in [-0.3, -0.25) is 4.99 Å². The van der Waals surface area contributed by atoms with E-state index in [1.807, 2.05) is 14.0 Å². The fourth-order valence-electron chi connectivity index (χ4n) is 2.29. The molecule has 1 aromatic heterocycles. The Labute approximate surface area is 137 Å². The minimum Gasteiger partial charge on any atom is -0.357 e. The Bertz CT molecular complexity index is 650. The Kier molecular flexibility index (Phi) is 6.14. The van der Waals surface area contributed by atoms with E-state index in [0.29, 0.717) is 24.7 Å². The second-order valence-corrected chi connectivity index (χ2v) is 5.50. The SMILES string of the molecule is CCNC(=NCCc1nc(C)no1)N(C)Cc1ccccc1C. The van der Waals surface area contributed by atoms with Crippen LogP contribution in [0.3, 0.4) is 0 Å². The molecule has 0 saturated carbocycles.